The second-order valence-corrected chi connectivity index (χ2v) is 8.78. The zero-order chi connectivity index (χ0) is 19.3. The lowest BCUT2D eigenvalue weighted by atomic mass is 10.2. The van der Waals surface area contributed by atoms with Crippen molar-refractivity contribution < 1.29 is 17.9 Å². The van der Waals surface area contributed by atoms with Crippen molar-refractivity contribution in [2.45, 2.75) is 57.6 Å². The lowest BCUT2D eigenvalue weighted by molar-refractivity contribution is -0.0440. The minimum atomic E-state index is -3.58. The van der Waals surface area contributed by atoms with Crippen LogP contribution in [-0.4, -0.2) is 61.9 Å². The van der Waals surface area contributed by atoms with Gasteiger partial charge in [-0.25, -0.2) is 8.42 Å². The van der Waals surface area contributed by atoms with Gasteiger partial charge in [0.05, 0.1) is 17.1 Å². The number of rotatable bonds is 7. The van der Waals surface area contributed by atoms with Gasteiger partial charge in [-0.05, 0) is 51.5 Å². The number of nitrogens with zero attached hydrogens (tertiary/aromatic N) is 2. The molecule has 26 heavy (non-hydrogen) atoms. The van der Waals surface area contributed by atoms with Gasteiger partial charge in [0.25, 0.3) is 5.91 Å². The summed E-state index contributed by atoms with van der Waals surface area (Å²) in [5.41, 5.74) is 0.519. The van der Waals surface area contributed by atoms with Crippen LogP contribution in [0.15, 0.2) is 29.2 Å². The number of morpholine rings is 1. The molecule has 0 spiro atoms. The summed E-state index contributed by atoms with van der Waals surface area (Å²) in [6, 6.07) is 6.27. The fraction of sp³-hybridized carbons (Fsp3) is 0.632. The van der Waals surface area contributed by atoms with Gasteiger partial charge in [-0.1, -0.05) is 13.3 Å². The Hall–Kier alpha value is -1.44. The maximum Gasteiger partial charge on any atom is 0.253 e. The summed E-state index contributed by atoms with van der Waals surface area (Å²) >= 11 is 0. The Morgan fingerprint density at radius 2 is 1.73 bits per heavy atom. The molecule has 0 radical (unpaired) electrons. The van der Waals surface area contributed by atoms with Crippen LogP contribution in [0.4, 0.5) is 0 Å². The number of amides is 1. The van der Waals surface area contributed by atoms with Gasteiger partial charge in [-0.2, -0.15) is 4.31 Å². The van der Waals surface area contributed by atoms with Gasteiger partial charge >= 0.3 is 0 Å². The zero-order valence-corrected chi connectivity index (χ0v) is 17.0. The molecule has 2 rings (SSSR count). The Balaban J connectivity index is 2.16. The van der Waals surface area contributed by atoms with Gasteiger partial charge in [0.2, 0.25) is 10.0 Å². The number of hydrogen-bond donors (Lipinski definition) is 0. The second kappa shape index (κ2) is 8.97. The highest BCUT2D eigenvalue weighted by molar-refractivity contribution is 7.89. The number of ether oxygens (including phenoxy) is 1. The van der Waals surface area contributed by atoms with Gasteiger partial charge in [-0.3, -0.25) is 4.79 Å². The van der Waals surface area contributed by atoms with Crippen molar-refractivity contribution in [1.82, 2.24) is 9.21 Å². The van der Waals surface area contributed by atoms with Crippen molar-refractivity contribution in [3.05, 3.63) is 29.8 Å². The molecule has 1 aliphatic heterocycles. The molecule has 7 heteroatoms. The molecule has 0 aliphatic carbocycles. The smallest absolute Gasteiger partial charge is 0.253 e. The highest BCUT2D eigenvalue weighted by Crippen LogP contribution is 2.22. The first-order chi connectivity index (χ1) is 12.3. The van der Waals surface area contributed by atoms with Gasteiger partial charge in [0.15, 0.2) is 0 Å². The van der Waals surface area contributed by atoms with Crippen LogP contribution in [0, 0.1) is 0 Å². The average Bonchev–Trinajstić information content (AvgIpc) is 2.61. The number of hydrogen-bond acceptors (Lipinski definition) is 4. The Kier molecular flexibility index (Phi) is 7.20. The third-order valence-corrected chi connectivity index (χ3v) is 6.42. The number of sulfonamides is 1. The van der Waals surface area contributed by atoms with Crippen LogP contribution in [0.2, 0.25) is 0 Å². The summed E-state index contributed by atoms with van der Waals surface area (Å²) in [4.78, 5) is 14.6. The molecule has 6 nitrogen and oxygen atoms in total. The lowest BCUT2D eigenvalue weighted by Crippen LogP contribution is -2.48. The average molecular weight is 383 g/mol. The SMILES string of the molecule is CCCCN(CC)C(=O)c1ccc(S(=O)(=O)N2CC(C)OC(C)C2)cc1. The summed E-state index contributed by atoms with van der Waals surface area (Å²) in [7, 11) is -3.58. The first-order valence-corrected chi connectivity index (χ1v) is 10.8. The maximum atomic E-state index is 12.9. The minimum Gasteiger partial charge on any atom is -0.373 e. The van der Waals surface area contributed by atoms with Gasteiger partial charge < -0.3 is 9.64 Å². The van der Waals surface area contributed by atoms with Gasteiger partial charge in [-0.15, -0.1) is 0 Å². The van der Waals surface area contributed by atoms with E-state index in [1.165, 1.54) is 16.4 Å². The van der Waals surface area contributed by atoms with Crippen LogP contribution in [0.25, 0.3) is 0 Å². The molecule has 1 amide bonds. The molecule has 1 aromatic carbocycles. The van der Waals surface area contributed by atoms with E-state index in [0.717, 1.165) is 19.4 Å². The minimum absolute atomic E-state index is 0.0569. The highest BCUT2D eigenvalue weighted by Gasteiger charge is 2.32. The predicted octanol–water partition coefficient (Wildman–Crippen LogP) is 2.75. The number of carbonyl (C=O) groups is 1. The molecular weight excluding hydrogens is 352 g/mol. The number of carbonyl (C=O) groups excluding carboxylic acids is 1. The van der Waals surface area contributed by atoms with E-state index in [1.54, 1.807) is 17.0 Å². The highest BCUT2D eigenvalue weighted by atomic mass is 32.2. The van der Waals surface area contributed by atoms with E-state index >= 15 is 0 Å². The summed E-state index contributed by atoms with van der Waals surface area (Å²) in [5, 5.41) is 0. The van der Waals surface area contributed by atoms with Crippen LogP contribution < -0.4 is 0 Å². The molecule has 0 N–H and O–H groups in total. The largest absolute Gasteiger partial charge is 0.373 e. The molecule has 0 aromatic heterocycles. The van der Waals surface area contributed by atoms with E-state index in [9.17, 15) is 13.2 Å². The molecule has 1 saturated heterocycles. The molecule has 0 bridgehead atoms. The van der Waals surface area contributed by atoms with Crippen LogP contribution in [0.1, 0.15) is 50.9 Å². The summed E-state index contributed by atoms with van der Waals surface area (Å²) < 4.78 is 32.8. The van der Waals surface area contributed by atoms with E-state index in [4.69, 9.17) is 4.74 Å². The monoisotopic (exact) mass is 382 g/mol. The zero-order valence-electron chi connectivity index (χ0n) is 16.1. The normalized spacial score (nSPS) is 21.5. The van der Waals surface area contributed by atoms with E-state index in [0.29, 0.717) is 25.2 Å². The van der Waals surface area contributed by atoms with E-state index in [1.807, 2.05) is 20.8 Å². The first kappa shape index (κ1) is 20.9. The van der Waals surface area contributed by atoms with Crippen LogP contribution >= 0.6 is 0 Å². The molecule has 1 aromatic rings. The molecule has 146 valence electrons. The van der Waals surface area contributed by atoms with Crippen LogP contribution in [-0.2, 0) is 14.8 Å². The quantitative estimate of drug-likeness (QED) is 0.727. The fourth-order valence-electron chi connectivity index (χ4n) is 3.18. The molecule has 2 unspecified atom stereocenters. The van der Waals surface area contributed by atoms with Crippen molar-refractivity contribution >= 4 is 15.9 Å². The Morgan fingerprint density at radius 1 is 1.15 bits per heavy atom. The van der Waals surface area contributed by atoms with Crippen molar-refractivity contribution in [3.8, 4) is 0 Å². The van der Waals surface area contributed by atoms with Crippen molar-refractivity contribution in [2.75, 3.05) is 26.2 Å². The molecule has 1 fully saturated rings. The molecule has 2 atom stereocenters. The summed E-state index contributed by atoms with van der Waals surface area (Å²) in [5.74, 6) is -0.0569. The predicted molar refractivity (Wildman–Crippen MR) is 102 cm³/mol. The number of benzene rings is 1. The molecule has 0 saturated carbocycles. The van der Waals surface area contributed by atoms with E-state index < -0.39 is 10.0 Å². The lowest BCUT2D eigenvalue weighted by Gasteiger charge is -2.34. The van der Waals surface area contributed by atoms with Crippen LogP contribution in [0.5, 0.6) is 0 Å². The van der Waals surface area contributed by atoms with Crippen molar-refractivity contribution in [1.29, 1.82) is 0 Å². The van der Waals surface area contributed by atoms with E-state index in [2.05, 4.69) is 6.92 Å². The second-order valence-electron chi connectivity index (χ2n) is 6.84. The Bertz CT molecular complexity index is 693. The van der Waals surface area contributed by atoms with Crippen molar-refractivity contribution in [3.63, 3.8) is 0 Å². The first-order valence-electron chi connectivity index (χ1n) is 9.34. The Morgan fingerprint density at radius 3 is 2.23 bits per heavy atom. The third kappa shape index (κ3) is 4.84. The Labute approximate surface area is 157 Å². The van der Waals surface area contributed by atoms with Crippen molar-refractivity contribution in [2.24, 2.45) is 0 Å². The topological polar surface area (TPSA) is 66.9 Å². The fourth-order valence-corrected chi connectivity index (χ4v) is 4.77. The van der Waals surface area contributed by atoms with E-state index in [-0.39, 0.29) is 23.0 Å². The molecular formula is C19H30N2O4S. The number of unbranched alkanes of at least 4 members (excludes halogenated alkanes) is 1. The van der Waals surface area contributed by atoms with Gasteiger partial charge in [0.1, 0.15) is 0 Å². The van der Waals surface area contributed by atoms with Crippen LogP contribution in [0.3, 0.4) is 0 Å². The molecule has 1 heterocycles. The third-order valence-electron chi connectivity index (χ3n) is 4.58. The standard InChI is InChI=1S/C19H30N2O4S/c1-5-7-12-20(6-2)19(22)17-8-10-18(11-9-17)26(23,24)21-13-15(3)25-16(4)14-21/h8-11,15-16H,5-7,12-14H2,1-4H3. The van der Waals surface area contributed by atoms with Gasteiger partial charge in [0, 0.05) is 31.7 Å². The summed E-state index contributed by atoms with van der Waals surface area (Å²) in [6.07, 6.45) is 1.72. The molecule has 1 aliphatic rings. The maximum absolute atomic E-state index is 12.9. The summed E-state index contributed by atoms with van der Waals surface area (Å²) in [6.45, 7) is 9.82.